The maximum absolute atomic E-state index is 15.8. The quantitative estimate of drug-likeness (QED) is 0.136. The highest BCUT2D eigenvalue weighted by molar-refractivity contribution is 5.85. The lowest BCUT2D eigenvalue weighted by atomic mass is 9.73. The number of pyridine rings is 1. The van der Waals surface area contributed by atoms with Crippen LogP contribution in [0, 0.1) is 22.9 Å². The molecule has 0 unspecified atom stereocenters. The minimum Gasteiger partial charge on any atom is -0.497 e. The van der Waals surface area contributed by atoms with Gasteiger partial charge in [0.25, 0.3) is 0 Å². The van der Waals surface area contributed by atoms with Crippen LogP contribution in [0.15, 0.2) is 36.5 Å². The van der Waals surface area contributed by atoms with E-state index in [-0.39, 0.29) is 50.0 Å². The van der Waals surface area contributed by atoms with Crippen molar-refractivity contribution in [1.29, 1.82) is 0 Å². The lowest BCUT2D eigenvalue weighted by molar-refractivity contribution is -0.143. The number of nitrogens with one attached hydrogen (secondary N) is 1. The molecule has 2 N–H and O–H groups in total. The average Bonchev–Trinajstić information content (AvgIpc) is 2.97. The Morgan fingerprint density at radius 1 is 1.20 bits per heavy atom. The predicted octanol–water partition coefficient (Wildman–Crippen LogP) is 5.59. The van der Waals surface area contributed by atoms with Gasteiger partial charge >= 0.3 is 0 Å². The molecule has 40 heavy (non-hydrogen) atoms. The van der Waals surface area contributed by atoms with Crippen molar-refractivity contribution in [2.75, 3.05) is 33.4 Å². The molecule has 1 amide bonds. The highest BCUT2D eigenvalue weighted by atomic mass is 19.2. The summed E-state index contributed by atoms with van der Waals surface area (Å²) in [6.45, 7) is 0.0556. The minimum atomic E-state index is -1.61. The van der Waals surface area contributed by atoms with E-state index in [0.29, 0.717) is 35.8 Å². The lowest BCUT2D eigenvalue weighted by Gasteiger charge is -2.40. The molecule has 1 saturated heterocycles. The van der Waals surface area contributed by atoms with Crippen LogP contribution in [0.4, 0.5) is 22.0 Å². The Morgan fingerprint density at radius 3 is 2.62 bits per heavy atom. The van der Waals surface area contributed by atoms with E-state index in [0.717, 1.165) is 6.07 Å². The topological polar surface area (TPSA) is 83.9 Å². The van der Waals surface area contributed by atoms with Gasteiger partial charge in [-0.15, -0.1) is 0 Å². The molecular formula is C28H30F5N3O4. The lowest BCUT2D eigenvalue weighted by Crippen LogP contribution is -2.49. The molecule has 0 bridgehead atoms. The van der Waals surface area contributed by atoms with Gasteiger partial charge in [-0.2, -0.15) is 4.39 Å². The zero-order valence-corrected chi connectivity index (χ0v) is 21.9. The smallest absolute Gasteiger partial charge is 0.249 e. The summed E-state index contributed by atoms with van der Waals surface area (Å²) in [6, 6.07) is 6.12. The van der Waals surface area contributed by atoms with Gasteiger partial charge in [0.1, 0.15) is 31.0 Å². The van der Waals surface area contributed by atoms with Crippen LogP contribution in [0.1, 0.15) is 43.0 Å². The van der Waals surface area contributed by atoms with Crippen molar-refractivity contribution < 1.29 is 41.4 Å². The largest absolute Gasteiger partial charge is 0.497 e. The van der Waals surface area contributed by atoms with Gasteiger partial charge in [0.2, 0.25) is 11.7 Å². The Hall–Kier alpha value is -3.51. The Balaban J connectivity index is 1.42. The molecule has 3 aromatic rings. The van der Waals surface area contributed by atoms with Crippen LogP contribution in [-0.4, -0.2) is 54.3 Å². The minimum absolute atomic E-state index is 0.0594. The van der Waals surface area contributed by atoms with Crippen LogP contribution >= 0.6 is 0 Å². The van der Waals surface area contributed by atoms with Crippen molar-refractivity contribution in [1.82, 2.24) is 15.4 Å². The number of rotatable bonds is 11. The number of amides is 1. The number of methoxy groups -OCH3 is 1. The number of likely N-dealkylation sites (tertiary alicyclic amines) is 1. The fourth-order valence-electron chi connectivity index (χ4n) is 5.22. The first-order valence-corrected chi connectivity index (χ1v) is 12.8. The number of alkyl halides is 2. The number of nitrogens with zero attached hydrogens (tertiary/aromatic N) is 2. The molecule has 12 heteroatoms. The Kier molecular flexibility index (Phi) is 9.41. The van der Waals surface area contributed by atoms with Gasteiger partial charge < -0.3 is 9.47 Å². The van der Waals surface area contributed by atoms with E-state index < -0.39 is 47.4 Å². The van der Waals surface area contributed by atoms with Gasteiger partial charge in [-0.1, -0.05) is 0 Å². The zero-order chi connectivity index (χ0) is 28.9. The van der Waals surface area contributed by atoms with E-state index in [1.165, 1.54) is 13.3 Å². The Morgan fingerprint density at radius 2 is 1.95 bits per heavy atom. The van der Waals surface area contributed by atoms with Crippen molar-refractivity contribution in [2.45, 2.75) is 38.5 Å². The molecule has 0 spiro atoms. The van der Waals surface area contributed by atoms with E-state index >= 15 is 4.39 Å². The van der Waals surface area contributed by atoms with Gasteiger partial charge in [0.15, 0.2) is 11.6 Å². The van der Waals surface area contributed by atoms with Crippen LogP contribution in [0.5, 0.6) is 11.5 Å². The fourth-order valence-corrected chi connectivity index (χ4v) is 5.22. The predicted molar refractivity (Wildman–Crippen MR) is 136 cm³/mol. The number of ether oxygens (including phenoxy) is 2. The van der Waals surface area contributed by atoms with E-state index in [1.54, 1.807) is 23.7 Å². The summed E-state index contributed by atoms with van der Waals surface area (Å²) in [5.74, 6) is -4.30. The standard InChI is InChI=1S/C28H30F5N3O4/c1-39-19-2-3-23-20(14-19)25(17(15-29)16-34-23)21(31)4-5-28(27(37)35-38)6-8-36(9-7-28)10-11-40-24-13-18(30)12-22(32)26(24)33/h2-3,12-14,16,21,38H,4-11,15H2,1H3,(H,35,37)/t21-/m1/s1. The Bertz CT molecular complexity index is 1350. The molecule has 0 radical (unpaired) electrons. The highest BCUT2D eigenvalue weighted by Gasteiger charge is 2.41. The third kappa shape index (κ3) is 6.28. The molecule has 0 saturated carbocycles. The molecule has 2 aromatic carbocycles. The van der Waals surface area contributed by atoms with E-state index in [9.17, 15) is 27.6 Å². The number of aromatic nitrogens is 1. The van der Waals surface area contributed by atoms with Crippen LogP contribution in [0.2, 0.25) is 0 Å². The second-order valence-corrected chi connectivity index (χ2v) is 9.83. The molecule has 1 fully saturated rings. The van der Waals surface area contributed by atoms with Crippen molar-refractivity contribution in [3.8, 4) is 11.5 Å². The molecule has 4 rings (SSSR count). The van der Waals surface area contributed by atoms with Crippen molar-refractivity contribution in [3.63, 3.8) is 0 Å². The number of carbonyl (C=O) groups excluding carboxylic acids is 1. The van der Waals surface area contributed by atoms with Gasteiger partial charge in [-0.05, 0) is 57.0 Å². The van der Waals surface area contributed by atoms with E-state index in [4.69, 9.17) is 9.47 Å². The normalized spacial score (nSPS) is 16.1. The molecule has 216 valence electrons. The average molecular weight is 568 g/mol. The molecule has 0 aliphatic carbocycles. The van der Waals surface area contributed by atoms with Crippen molar-refractivity contribution in [3.05, 3.63) is 65.1 Å². The van der Waals surface area contributed by atoms with Gasteiger partial charge in [-0.25, -0.2) is 23.0 Å². The van der Waals surface area contributed by atoms with E-state index in [1.807, 2.05) is 4.90 Å². The number of hydroxylamine groups is 1. The van der Waals surface area contributed by atoms with Crippen molar-refractivity contribution >= 4 is 16.8 Å². The number of hydrogen-bond acceptors (Lipinski definition) is 6. The number of benzene rings is 2. The summed E-state index contributed by atoms with van der Waals surface area (Å²) in [5, 5.41) is 9.85. The summed E-state index contributed by atoms with van der Waals surface area (Å²) in [5.41, 5.74) is 1.37. The SMILES string of the molecule is COc1ccc2ncc(CF)c([C@H](F)CCC3(C(=O)NO)CCN(CCOc4cc(F)cc(F)c4F)CC3)c2c1. The highest BCUT2D eigenvalue weighted by Crippen LogP contribution is 2.41. The fraction of sp³-hybridized carbons (Fsp3) is 0.429. The number of fused-ring (bicyclic) bond motifs is 1. The first-order chi connectivity index (χ1) is 19.2. The molecule has 1 aromatic heterocycles. The van der Waals surface area contributed by atoms with Crippen LogP contribution in [0.3, 0.4) is 0 Å². The molecule has 7 nitrogen and oxygen atoms in total. The summed E-state index contributed by atoms with van der Waals surface area (Å²) in [6.07, 6.45) is 0.214. The molecule has 1 atom stereocenters. The second-order valence-electron chi connectivity index (χ2n) is 9.83. The molecule has 1 aliphatic heterocycles. The summed E-state index contributed by atoms with van der Waals surface area (Å²) in [4.78, 5) is 18.9. The van der Waals surface area contributed by atoms with Crippen LogP contribution in [-0.2, 0) is 11.5 Å². The number of hydrogen-bond donors (Lipinski definition) is 2. The zero-order valence-electron chi connectivity index (χ0n) is 21.9. The van der Waals surface area contributed by atoms with Gasteiger partial charge in [0.05, 0.1) is 18.0 Å². The summed E-state index contributed by atoms with van der Waals surface area (Å²) < 4.78 is 80.6. The van der Waals surface area contributed by atoms with Gasteiger partial charge in [-0.3, -0.25) is 19.9 Å². The maximum atomic E-state index is 15.8. The van der Waals surface area contributed by atoms with Crippen LogP contribution in [0.25, 0.3) is 10.9 Å². The third-order valence-corrected chi connectivity index (χ3v) is 7.55. The molecule has 2 heterocycles. The number of carbonyl (C=O) groups is 1. The monoisotopic (exact) mass is 567 g/mol. The molecular weight excluding hydrogens is 537 g/mol. The summed E-state index contributed by atoms with van der Waals surface area (Å²) in [7, 11) is 1.47. The van der Waals surface area contributed by atoms with Crippen LogP contribution < -0.4 is 15.0 Å². The van der Waals surface area contributed by atoms with Gasteiger partial charge in [0, 0.05) is 41.4 Å². The Labute approximate surface area is 227 Å². The van der Waals surface area contributed by atoms with Crippen molar-refractivity contribution in [2.24, 2.45) is 5.41 Å². The summed E-state index contributed by atoms with van der Waals surface area (Å²) >= 11 is 0. The first-order valence-electron chi connectivity index (χ1n) is 12.8. The second kappa shape index (κ2) is 12.8. The van der Waals surface area contributed by atoms with E-state index in [2.05, 4.69) is 4.98 Å². The number of piperidine rings is 1. The number of halogens is 5. The third-order valence-electron chi connectivity index (χ3n) is 7.55. The maximum Gasteiger partial charge on any atom is 0.249 e. The first kappa shape index (κ1) is 29.5. The molecule has 1 aliphatic rings.